The molecular weight excluding hydrogens is 320 g/mol. The van der Waals surface area contributed by atoms with Gasteiger partial charge in [0.15, 0.2) is 5.75 Å². The minimum absolute atomic E-state index is 0.206. The topological polar surface area (TPSA) is 80.4 Å². The molecule has 0 fully saturated rings. The van der Waals surface area contributed by atoms with Crippen LogP contribution in [0.4, 0.5) is 0 Å². The molecule has 25 heavy (non-hydrogen) atoms. The average Bonchev–Trinajstić information content (AvgIpc) is 2.59. The second-order valence-electron chi connectivity index (χ2n) is 6.04. The maximum Gasteiger partial charge on any atom is 0.251 e. The molecule has 0 aliphatic carbocycles. The summed E-state index contributed by atoms with van der Waals surface area (Å²) in [6.45, 7) is 7.15. The summed E-state index contributed by atoms with van der Waals surface area (Å²) >= 11 is 0. The predicted octanol–water partition coefficient (Wildman–Crippen LogP) is 2.74. The molecule has 6 heteroatoms. The summed E-state index contributed by atoms with van der Waals surface area (Å²) < 4.78 is 10.8. The van der Waals surface area contributed by atoms with Crippen LogP contribution in [0.25, 0.3) is 0 Å². The molecule has 2 N–H and O–H groups in total. The zero-order valence-electron chi connectivity index (χ0n) is 14.8. The van der Waals surface area contributed by atoms with Gasteiger partial charge in [-0.1, -0.05) is 19.9 Å². The van der Waals surface area contributed by atoms with E-state index in [1.807, 2.05) is 20.8 Å². The van der Waals surface area contributed by atoms with E-state index in [9.17, 15) is 9.59 Å². The quantitative estimate of drug-likeness (QED) is 0.772. The molecule has 0 unspecified atom stereocenters. The monoisotopic (exact) mass is 344 g/mol. The van der Waals surface area contributed by atoms with Crippen molar-refractivity contribution in [2.45, 2.75) is 27.3 Å². The highest BCUT2D eigenvalue weighted by atomic mass is 16.5. The van der Waals surface area contributed by atoms with E-state index in [2.05, 4.69) is 10.3 Å². The van der Waals surface area contributed by atoms with E-state index in [0.29, 0.717) is 36.1 Å². The van der Waals surface area contributed by atoms with Crippen LogP contribution in [0.5, 0.6) is 11.5 Å². The number of nitrogens with one attached hydrogen (secondary N) is 2. The summed E-state index contributed by atoms with van der Waals surface area (Å²) in [5.74, 6) is 1.04. The van der Waals surface area contributed by atoms with Crippen LogP contribution in [0.15, 0.2) is 41.3 Å². The van der Waals surface area contributed by atoms with Crippen LogP contribution in [0.1, 0.15) is 36.8 Å². The molecule has 0 aliphatic heterocycles. The van der Waals surface area contributed by atoms with Crippen molar-refractivity contribution < 1.29 is 14.3 Å². The van der Waals surface area contributed by atoms with Gasteiger partial charge in [0.2, 0.25) is 5.43 Å². The third-order valence-corrected chi connectivity index (χ3v) is 3.36. The molecule has 2 aromatic rings. The SMILES string of the molecule is CCOc1cccc(C(=O)NCc2cc(=O)c(OCC(C)C)c[nH]2)c1. The van der Waals surface area contributed by atoms with Crippen LogP contribution < -0.4 is 20.2 Å². The first kappa shape index (κ1) is 18.6. The third kappa shape index (κ3) is 5.67. The van der Waals surface area contributed by atoms with Crippen LogP contribution in [0.2, 0.25) is 0 Å². The number of carbonyl (C=O) groups excluding carboxylic acids is 1. The molecule has 0 atom stereocenters. The smallest absolute Gasteiger partial charge is 0.251 e. The van der Waals surface area contributed by atoms with Gasteiger partial charge in [0.05, 0.1) is 19.8 Å². The number of carbonyl (C=O) groups is 1. The van der Waals surface area contributed by atoms with E-state index in [-0.39, 0.29) is 23.6 Å². The summed E-state index contributed by atoms with van der Waals surface area (Å²) in [5, 5.41) is 2.78. The molecule has 6 nitrogen and oxygen atoms in total. The van der Waals surface area contributed by atoms with Crippen molar-refractivity contribution in [3.8, 4) is 11.5 Å². The lowest BCUT2D eigenvalue weighted by atomic mass is 10.2. The number of rotatable bonds is 8. The van der Waals surface area contributed by atoms with Crippen molar-refractivity contribution in [1.29, 1.82) is 0 Å². The molecule has 0 saturated heterocycles. The number of amides is 1. The first-order valence-corrected chi connectivity index (χ1v) is 8.35. The fourth-order valence-electron chi connectivity index (χ4n) is 2.14. The van der Waals surface area contributed by atoms with Gasteiger partial charge in [-0.05, 0) is 31.0 Å². The predicted molar refractivity (Wildman–Crippen MR) is 96.2 cm³/mol. The van der Waals surface area contributed by atoms with Crippen LogP contribution in [0, 0.1) is 5.92 Å². The van der Waals surface area contributed by atoms with Crippen molar-refractivity contribution in [1.82, 2.24) is 10.3 Å². The fraction of sp³-hybridized carbons (Fsp3) is 0.368. The van der Waals surface area contributed by atoms with Crippen LogP contribution in [-0.4, -0.2) is 24.1 Å². The Bertz CT molecular complexity index is 768. The number of benzene rings is 1. The van der Waals surface area contributed by atoms with Gasteiger partial charge in [-0.15, -0.1) is 0 Å². The van der Waals surface area contributed by atoms with Crippen LogP contribution >= 0.6 is 0 Å². The molecule has 1 aromatic carbocycles. The van der Waals surface area contributed by atoms with Crippen LogP contribution in [-0.2, 0) is 6.54 Å². The van der Waals surface area contributed by atoms with Crippen molar-refractivity contribution in [3.05, 3.63) is 58.0 Å². The molecule has 0 radical (unpaired) electrons. The summed E-state index contributed by atoms with van der Waals surface area (Å²) in [6, 6.07) is 8.40. The first-order valence-electron chi connectivity index (χ1n) is 8.35. The highest BCUT2D eigenvalue weighted by Gasteiger charge is 2.08. The summed E-state index contributed by atoms with van der Waals surface area (Å²) in [7, 11) is 0. The van der Waals surface area contributed by atoms with Crippen molar-refractivity contribution >= 4 is 5.91 Å². The third-order valence-electron chi connectivity index (χ3n) is 3.36. The maximum absolute atomic E-state index is 12.2. The minimum Gasteiger partial charge on any atom is -0.494 e. The number of hydrogen-bond acceptors (Lipinski definition) is 4. The van der Waals surface area contributed by atoms with Crippen molar-refractivity contribution in [3.63, 3.8) is 0 Å². The lowest BCUT2D eigenvalue weighted by Crippen LogP contribution is -2.24. The van der Waals surface area contributed by atoms with Gasteiger partial charge < -0.3 is 19.8 Å². The van der Waals surface area contributed by atoms with Crippen molar-refractivity contribution in [2.24, 2.45) is 5.92 Å². The highest BCUT2D eigenvalue weighted by molar-refractivity contribution is 5.94. The molecule has 0 bridgehead atoms. The zero-order valence-corrected chi connectivity index (χ0v) is 14.8. The molecule has 0 aliphatic rings. The van der Waals surface area contributed by atoms with E-state index in [1.54, 1.807) is 24.3 Å². The van der Waals surface area contributed by atoms with Gasteiger partial charge in [-0.25, -0.2) is 0 Å². The first-order chi connectivity index (χ1) is 12.0. The molecular formula is C19H24N2O4. The lowest BCUT2D eigenvalue weighted by Gasteiger charge is -2.10. The largest absolute Gasteiger partial charge is 0.494 e. The van der Waals surface area contributed by atoms with Gasteiger partial charge in [0.25, 0.3) is 5.91 Å². The van der Waals surface area contributed by atoms with Gasteiger partial charge in [-0.2, -0.15) is 0 Å². The minimum atomic E-state index is -0.234. The van der Waals surface area contributed by atoms with E-state index in [0.717, 1.165) is 0 Å². The Kier molecular flexibility index (Phi) is 6.62. The van der Waals surface area contributed by atoms with E-state index in [1.165, 1.54) is 12.3 Å². The average molecular weight is 344 g/mol. The Balaban J connectivity index is 1.96. The van der Waals surface area contributed by atoms with Gasteiger partial charge in [0, 0.05) is 23.5 Å². The fourth-order valence-corrected chi connectivity index (χ4v) is 2.14. The zero-order chi connectivity index (χ0) is 18.2. The molecule has 0 spiro atoms. The van der Waals surface area contributed by atoms with Crippen molar-refractivity contribution in [2.75, 3.05) is 13.2 Å². The number of aromatic nitrogens is 1. The molecule has 1 heterocycles. The number of pyridine rings is 1. The summed E-state index contributed by atoms with van der Waals surface area (Å²) in [6.07, 6.45) is 1.53. The van der Waals surface area contributed by atoms with Gasteiger partial charge in [-0.3, -0.25) is 9.59 Å². The van der Waals surface area contributed by atoms with Gasteiger partial charge >= 0.3 is 0 Å². The normalized spacial score (nSPS) is 10.6. The second-order valence-corrected chi connectivity index (χ2v) is 6.04. The van der Waals surface area contributed by atoms with E-state index >= 15 is 0 Å². The second kappa shape index (κ2) is 8.92. The Morgan fingerprint density at radius 1 is 1.24 bits per heavy atom. The standard InChI is InChI=1S/C19H24N2O4/c1-4-24-16-7-5-6-14(8-16)19(23)21-10-15-9-17(22)18(11-20-15)25-12-13(2)3/h5-9,11,13H,4,10,12H2,1-3H3,(H,20,22)(H,21,23). The molecule has 1 aromatic heterocycles. The Labute approximate surface area is 147 Å². The molecule has 0 saturated carbocycles. The molecule has 1 amide bonds. The summed E-state index contributed by atoms with van der Waals surface area (Å²) in [5.41, 5.74) is 0.906. The molecule has 134 valence electrons. The van der Waals surface area contributed by atoms with E-state index in [4.69, 9.17) is 9.47 Å². The number of ether oxygens (including phenoxy) is 2. The molecule has 2 rings (SSSR count). The lowest BCUT2D eigenvalue weighted by molar-refractivity contribution is 0.0950. The number of H-pyrrole nitrogens is 1. The number of aromatic amines is 1. The number of hydrogen-bond donors (Lipinski definition) is 2. The Morgan fingerprint density at radius 2 is 2.04 bits per heavy atom. The van der Waals surface area contributed by atoms with E-state index < -0.39 is 0 Å². The Hall–Kier alpha value is -2.76. The van der Waals surface area contributed by atoms with Crippen LogP contribution in [0.3, 0.4) is 0 Å². The summed E-state index contributed by atoms with van der Waals surface area (Å²) in [4.78, 5) is 27.2. The Morgan fingerprint density at radius 3 is 2.72 bits per heavy atom. The van der Waals surface area contributed by atoms with Gasteiger partial charge in [0.1, 0.15) is 5.75 Å². The maximum atomic E-state index is 12.2. The highest BCUT2D eigenvalue weighted by Crippen LogP contribution is 2.13.